The van der Waals surface area contributed by atoms with Gasteiger partial charge in [-0.2, -0.15) is 0 Å². The van der Waals surface area contributed by atoms with Crippen molar-refractivity contribution in [3.8, 4) is 17.1 Å². The van der Waals surface area contributed by atoms with Gasteiger partial charge in [-0.05, 0) is 55.5 Å². The molecule has 7 nitrogen and oxygen atoms in total. The van der Waals surface area contributed by atoms with Crippen LogP contribution in [0.5, 0.6) is 0 Å². The number of carbonyl (C=O) groups excluding carboxylic acids is 2. The zero-order valence-corrected chi connectivity index (χ0v) is 20.3. The molecule has 1 heterocycles. The number of amides is 2. The molecule has 0 saturated carbocycles. The quantitative estimate of drug-likeness (QED) is 0.377. The number of nitrogens with one attached hydrogen (secondary N) is 1. The van der Waals surface area contributed by atoms with Crippen LogP contribution in [-0.2, 0) is 4.79 Å². The highest BCUT2D eigenvalue weighted by atomic mass is 32.2. The molecule has 0 radical (unpaired) electrons. The molecule has 0 aliphatic rings. The Morgan fingerprint density at radius 2 is 1.66 bits per heavy atom. The summed E-state index contributed by atoms with van der Waals surface area (Å²) >= 11 is 1.20. The van der Waals surface area contributed by atoms with E-state index >= 15 is 0 Å². The lowest BCUT2D eigenvalue weighted by Crippen LogP contribution is -2.21. The molecule has 0 bridgehead atoms. The number of benzene rings is 3. The molecule has 4 rings (SSSR count). The number of aryl methyl sites for hydroxylation is 1. The van der Waals surface area contributed by atoms with Crippen molar-refractivity contribution in [3.63, 3.8) is 0 Å². The first-order chi connectivity index (χ1) is 16.8. The minimum absolute atomic E-state index is 0.0691. The fraction of sp³-hybridized carbons (Fsp3) is 0.154. The topological polar surface area (TPSA) is 80.1 Å². The third-order valence-corrected chi connectivity index (χ3v) is 6.12. The summed E-state index contributed by atoms with van der Waals surface area (Å²) in [5.41, 5.74) is 3.29. The summed E-state index contributed by atoms with van der Waals surface area (Å²) < 4.78 is 16.3. The first-order valence-corrected chi connectivity index (χ1v) is 11.8. The average molecular weight is 490 g/mol. The number of carbonyl (C=O) groups is 2. The smallest absolute Gasteiger partial charge is 0.253 e. The van der Waals surface area contributed by atoms with E-state index in [1.54, 1.807) is 61.1 Å². The van der Waals surface area contributed by atoms with Crippen molar-refractivity contribution in [2.24, 2.45) is 0 Å². The van der Waals surface area contributed by atoms with Crippen LogP contribution >= 0.6 is 11.8 Å². The monoisotopic (exact) mass is 489 g/mol. The molecular weight excluding hydrogens is 465 g/mol. The van der Waals surface area contributed by atoms with E-state index in [9.17, 15) is 14.0 Å². The predicted octanol–water partition coefficient (Wildman–Crippen LogP) is 4.81. The maximum atomic E-state index is 14.5. The van der Waals surface area contributed by atoms with E-state index in [-0.39, 0.29) is 17.6 Å². The van der Waals surface area contributed by atoms with Gasteiger partial charge in [0.15, 0.2) is 11.0 Å². The zero-order chi connectivity index (χ0) is 24.9. The van der Waals surface area contributed by atoms with Gasteiger partial charge in [0.25, 0.3) is 5.91 Å². The molecule has 2 amide bonds. The van der Waals surface area contributed by atoms with Gasteiger partial charge < -0.3 is 10.2 Å². The average Bonchev–Trinajstić information content (AvgIpc) is 3.27. The fourth-order valence-corrected chi connectivity index (χ4v) is 4.14. The number of anilines is 1. The van der Waals surface area contributed by atoms with Crippen LogP contribution in [0.25, 0.3) is 17.1 Å². The number of rotatable bonds is 7. The lowest BCUT2D eigenvalue weighted by molar-refractivity contribution is -0.113. The molecule has 0 saturated heterocycles. The summed E-state index contributed by atoms with van der Waals surface area (Å²) in [6, 6.07) is 20.8. The molecule has 0 atom stereocenters. The Hall–Kier alpha value is -3.98. The van der Waals surface area contributed by atoms with E-state index in [0.717, 1.165) is 11.3 Å². The minimum Gasteiger partial charge on any atom is -0.345 e. The molecule has 1 N–H and O–H groups in total. The van der Waals surface area contributed by atoms with Crippen LogP contribution in [0.4, 0.5) is 10.1 Å². The van der Waals surface area contributed by atoms with Gasteiger partial charge in [0.2, 0.25) is 5.91 Å². The molecule has 0 unspecified atom stereocenters. The van der Waals surface area contributed by atoms with Gasteiger partial charge in [-0.25, -0.2) is 4.39 Å². The van der Waals surface area contributed by atoms with Crippen LogP contribution < -0.4 is 5.32 Å². The summed E-state index contributed by atoms with van der Waals surface area (Å²) in [4.78, 5) is 26.1. The van der Waals surface area contributed by atoms with Gasteiger partial charge in [-0.15, -0.1) is 10.2 Å². The fourth-order valence-electron chi connectivity index (χ4n) is 3.39. The lowest BCUT2D eigenvalue weighted by Gasteiger charge is -2.12. The summed E-state index contributed by atoms with van der Waals surface area (Å²) in [6.45, 7) is 1.98. The SMILES string of the molecule is Cc1ccc(-n2c(SCC(=O)Nc3ccc(C(=O)N(C)C)cc3)nnc2-c2ccccc2F)cc1. The Morgan fingerprint density at radius 1 is 0.971 bits per heavy atom. The number of halogens is 1. The van der Waals surface area contributed by atoms with E-state index in [2.05, 4.69) is 15.5 Å². The summed E-state index contributed by atoms with van der Waals surface area (Å²) in [5, 5.41) is 11.8. The second kappa shape index (κ2) is 10.5. The van der Waals surface area contributed by atoms with Crippen LogP contribution in [0, 0.1) is 12.7 Å². The molecule has 3 aromatic carbocycles. The molecule has 0 fully saturated rings. The summed E-state index contributed by atoms with van der Waals surface area (Å²) in [5.74, 6) is -0.332. The van der Waals surface area contributed by atoms with Crippen LogP contribution in [0.15, 0.2) is 78.0 Å². The summed E-state index contributed by atoms with van der Waals surface area (Å²) in [6.07, 6.45) is 0. The summed E-state index contributed by atoms with van der Waals surface area (Å²) in [7, 11) is 3.37. The highest BCUT2D eigenvalue weighted by molar-refractivity contribution is 7.99. The van der Waals surface area contributed by atoms with Gasteiger partial charge in [0, 0.05) is 31.0 Å². The second-order valence-corrected chi connectivity index (χ2v) is 9.01. The van der Waals surface area contributed by atoms with Crippen molar-refractivity contribution in [2.75, 3.05) is 25.2 Å². The van der Waals surface area contributed by atoms with Crippen molar-refractivity contribution in [2.45, 2.75) is 12.1 Å². The van der Waals surface area contributed by atoms with Crippen molar-refractivity contribution in [1.82, 2.24) is 19.7 Å². The molecular formula is C26H24FN5O2S. The highest BCUT2D eigenvalue weighted by Gasteiger charge is 2.19. The van der Waals surface area contributed by atoms with E-state index in [1.807, 2.05) is 31.2 Å². The Balaban J connectivity index is 1.53. The third kappa shape index (κ3) is 5.58. The van der Waals surface area contributed by atoms with Gasteiger partial charge in [0.1, 0.15) is 5.82 Å². The molecule has 35 heavy (non-hydrogen) atoms. The van der Waals surface area contributed by atoms with Crippen molar-refractivity contribution < 1.29 is 14.0 Å². The minimum atomic E-state index is -0.404. The Bertz CT molecular complexity index is 1350. The predicted molar refractivity (Wildman–Crippen MR) is 135 cm³/mol. The lowest BCUT2D eigenvalue weighted by atomic mass is 10.2. The molecule has 0 spiro atoms. The molecule has 1 aromatic heterocycles. The molecule has 178 valence electrons. The van der Waals surface area contributed by atoms with Crippen molar-refractivity contribution in [1.29, 1.82) is 0 Å². The van der Waals surface area contributed by atoms with Gasteiger partial charge >= 0.3 is 0 Å². The van der Waals surface area contributed by atoms with E-state index in [0.29, 0.717) is 27.8 Å². The standard InChI is InChI=1S/C26H24FN5O2S/c1-17-8-14-20(15-9-17)32-24(21-6-4-5-7-22(21)27)29-30-26(32)35-16-23(33)28-19-12-10-18(11-13-19)25(34)31(2)3/h4-15H,16H2,1-3H3,(H,28,33). The molecule has 0 aliphatic heterocycles. The zero-order valence-electron chi connectivity index (χ0n) is 19.5. The largest absolute Gasteiger partial charge is 0.345 e. The van der Waals surface area contributed by atoms with E-state index < -0.39 is 5.82 Å². The first kappa shape index (κ1) is 24.2. The molecule has 4 aromatic rings. The maximum absolute atomic E-state index is 14.5. The number of hydrogen-bond donors (Lipinski definition) is 1. The van der Waals surface area contributed by atoms with Crippen molar-refractivity contribution in [3.05, 3.63) is 89.7 Å². The number of thioether (sulfide) groups is 1. The molecule has 9 heteroatoms. The second-order valence-electron chi connectivity index (χ2n) is 8.07. The third-order valence-electron chi connectivity index (χ3n) is 5.19. The van der Waals surface area contributed by atoms with Gasteiger partial charge in [0.05, 0.1) is 11.3 Å². The molecule has 0 aliphatic carbocycles. The Morgan fingerprint density at radius 3 is 2.31 bits per heavy atom. The first-order valence-electron chi connectivity index (χ1n) is 10.8. The van der Waals surface area contributed by atoms with Crippen LogP contribution in [0.2, 0.25) is 0 Å². The van der Waals surface area contributed by atoms with Crippen LogP contribution in [0.3, 0.4) is 0 Å². The van der Waals surface area contributed by atoms with Gasteiger partial charge in [-0.3, -0.25) is 14.2 Å². The Kier molecular flexibility index (Phi) is 7.26. The van der Waals surface area contributed by atoms with Gasteiger partial charge in [-0.1, -0.05) is 41.6 Å². The normalized spacial score (nSPS) is 10.7. The van der Waals surface area contributed by atoms with Crippen molar-refractivity contribution >= 4 is 29.3 Å². The Labute approximate surface area is 207 Å². The highest BCUT2D eigenvalue weighted by Crippen LogP contribution is 2.29. The number of nitrogens with zero attached hydrogens (tertiary/aromatic N) is 4. The van der Waals surface area contributed by atoms with Crippen LogP contribution in [0.1, 0.15) is 15.9 Å². The number of aromatic nitrogens is 3. The maximum Gasteiger partial charge on any atom is 0.253 e. The van der Waals surface area contributed by atoms with Crippen LogP contribution in [-0.4, -0.2) is 51.3 Å². The van der Waals surface area contributed by atoms with E-state index in [1.165, 1.54) is 22.7 Å². The van der Waals surface area contributed by atoms with E-state index in [4.69, 9.17) is 0 Å². The number of hydrogen-bond acceptors (Lipinski definition) is 5.